The monoisotopic (exact) mass is 474 g/mol. The number of amides is 2. The lowest BCUT2D eigenvalue weighted by Gasteiger charge is -2.31. The minimum atomic E-state index is -0.559. The van der Waals surface area contributed by atoms with Crippen molar-refractivity contribution in [2.75, 3.05) is 20.8 Å². The molecule has 180 valence electrons. The zero-order valence-electron chi connectivity index (χ0n) is 20.0. The Morgan fingerprint density at radius 2 is 1.79 bits per heavy atom. The molecule has 0 unspecified atom stereocenters. The molecule has 0 radical (unpaired) electrons. The van der Waals surface area contributed by atoms with Gasteiger partial charge in [-0.1, -0.05) is 56.1 Å². The van der Waals surface area contributed by atoms with E-state index < -0.39 is 6.04 Å². The summed E-state index contributed by atoms with van der Waals surface area (Å²) in [5.41, 5.74) is 1.78. The van der Waals surface area contributed by atoms with E-state index in [9.17, 15) is 9.59 Å². The van der Waals surface area contributed by atoms with Crippen LogP contribution in [0.25, 0.3) is 0 Å². The summed E-state index contributed by atoms with van der Waals surface area (Å²) in [5, 5.41) is 3.56. The molecule has 7 heteroatoms. The number of hydrogen-bond acceptors (Lipinski definition) is 4. The number of ether oxygens (including phenoxy) is 2. The molecule has 0 saturated carbocycles. The number of rotatable bonds is 13. The van der Waals surface area contributed by atoms with Gasteiger partial charge in [-0.25, -0.2) is 0 Å². The molecular weight excluding hydrogens is 440 g/mol. The lowest BCUT2D eigenvalue weighted by molar-refractivity contribution is -0.141. The van der Waals surface area contributed by atoms with Gasteiger partial charge in [-0.3, -0.25) is 9.59 Å². The predicted octanol–water partition coefficient (Wildman–Crippen LogP) is 5.01. The molecule has 2 amide bonds. The number of halogens is 1. The van der Waals surface area contributed by atoms with E-state index in [4.69, 9.17) is 21.1 Å². The van der Waals surface area contributed by atoms with Crippen molar-refractivity contribution in [2.45, 2.75) is 58.5 Å². The Kier molecular flexibility index (Phi) is 11.0. The normalized spacial score (nSPS) is 11.5. The molecule has 2 rings (SSSR count). The Balaban J connectivity index is 2.21. The first-order chi connectivity index (χ1) is 15.9. The fourth-order valence-electron chi connectivity index (χ4n) is 3.67. The zero-order chi connectivity index (χ0) is 24.2. The van der Waals surface area contributed by atoms with Gasteiger partial charge in [0.2, 0.25) is 11.8 Å². The summed E-state index contributed by atoms with van der Waals surface area (Å²) in [6, 6.07) is 12.5. The van der Waals surface area contributed by atoms with E-state index in [-0.39, 0.29) is 24.8 Å². The van der Waals surface area contributed by atoms with Crippen LogP contribution < -0.4 is 14.8 Å². The summed E-state index contributed by atoms with van der Waals surface area (Å²) < 4.78 is 10.7. The van der Waals surface area contributed by atoms with Crippen molar-refractivity contribution < 1.29 is 19.1 Å². The highest BCUT2D eigenvalue weighted by molar-refractivity contribution is 6.31. The Labute approximate surface area is 202 Å². The molecule has 0 aliphatic carbocycles. The Morgan fingerprint density at radius 3 is 2.42 bits per heavy atom. The van der Waals surface area contributed by atoms with E-state index in [1.807, 2.05) is 43.3 Å². The van der Waals surface area contributed by atoms with Gasteiger partial charge < -0.3 is 19.7 Å². The molecule has 2 aromatic carbocycles. The summed E-state index contributed by atoms with van der Waals surface area (Å²) in [6.45, 7) is 4.88. The molecular formula is C26H35ClN2O4. The predicted molar refractivity (Wildman–Crippen MR) is 132 cm³/mol. The maximum Gasteiger partial charge on any atom is 0.242 e. The highest BCUT2D eigenvalue weighted by Gasteiger charge is 2.28. The van der Waals surface area contributed by atoms with Crippen molar-refractivity contribution in [1.29, 1.82) is 0 Å². The van der Waals surface area contributed by atoms with E-state index in [2.05, 4.69) is 12.2 Å². The number of unbranched alkanes of at least 4 members (excludes halogenated alkanes) is 1. The smallest absolute Gasteiger partial charge is 0.242 e. The van der Waals surface area contributed by atoms with Crippen molar-refractivity contribution >= 4 is 23.4 Å². The second-order valence-corrected chi connectivity index (χ2v) is 8.28. The number of carbonyl (C=O) groups is 2. The van der Waals surface area contributed by atoms with Gasteiger partial charge in [0.05, 0.1) is 14.2 Å². The van der Waals surface area contributed by atoms with E-state index in [0.29, 0.717) is 35.9 Å². The molecule has 1 N–H and O–H groups in total. The third-order valence-corrected chi connectivity index (χ3v) is 5.96. The molecule has 2 aromatic rings. The first-order valence-electron chi connectivity index (χ1n) is 11.5. The molecule has 0 spiro atoms. The van der Waals surface area contributed by atoms with Crippen molar-refractivity contribution in [1.82, 2.24) is 10.2 Å². The van der Waals surface area contributed by atoms with Gasteiger partial charge in [0.15, 0.2) is 11.5 Å². The van der Waals surface area contributed by atoms with Gasteiger partial charge in [-0.05, 0) is 48.6 Å². The Morgan fingerprint density at radius 1 is 1.06 bits per heavy atom. The maximum absolute atomic E-state index is 13.4. The number of nitrogens with zero attached hydrogens (tertiary/aromatic N) is 1. The first-order valence-corrected chi connectivity index (χ1v) is 11.8. The minimum Gasteiger partial charge on any atom is -0.493 e. The first kappa shape index (κ1) is 26.5. The lowest BCUT2D eigenvalue weighted by Crippen LogP contribution is -2.49. The summed E-state index contributed by atoms with van der Waals surface area (Å²) >= 11 is 6.37. The standard InChI is InChI=1S/C26H35ClN2O4/c1-5-7-16-28-26(31)22(6-2)29(18-20-10-8-9-11-21(20)27)25(30)15-13-19-12-14-23(32-3)24(17-19)33-4/h8-12,14,17,22H,5-7,13,15-16,18H2,1-4H3,(H,28,31)/t22-/m1/s1. The fourth-order valence-corrected chi connectivity index (χ4v) is 3.86. The SMILES string of the molecule is CCCCNC(=O)[C@@H](CC)N(Cc1ccccc1Cl)C(=O)CCc1ccc(OC)c(OC)c1. The molecule has 0 fully saturated rings. The third kappa shape index (κ3) is 7.67. The summed E-state index contributed by atoms with van der Waals surface area (Å²) in [4.78, 5) is 28.0. The second kappa shape index (κ2) is 13.7. The van der Waals surface area contributed by atoms with Gasteiger partial charge in [0.25, 0.3) is 0 Å². The maximum atomic E-state index is 13.4. The minimum absolute atomic E-state index is 0.0952. The van der Waals surface area contributed by atoms with Crippen LogP contribution in [0.1, 0.15) is 50.7 Å². The molecule has 1 atom stereocenters. The van der Waals surface area contributed by atoms with Crippen LogP contribution in [0.5, 0.6) is 11.5 Å². The molecule has 0 aliphatic rings. The Hall–Kier alpha value is -2.73. The van der Waals surface area contributed by atoms with Gasteiger partial charge in [-0.2, -0.15) is 0 Å². The quantitative estimate of drug-likeness (QED) is 0.414. The van der Waals surface area contributed by atoms with Crippen LogP contribution in [0.3, 0.4) is 0 Å². The van der Waals surface area contributed by atoms with Crippen molar-refractivity contribution in [3.63, 3.8) is 0 Å². The van der Waals surface area contributed by atoms with Crippen LogP contribution in [0.4, 0.5) is 0 Å². The molecule has 33 heavy (non-hydrogen) atoms. The molecule has 0 saturated heterocycles. The number of nitrogens with one attached hydrogen (secondary N) is 1. The average Bonchev–Trinajstić information content (AvgIpc) is 2.83. The molecule has 0 heterocycles. The van der Waals surface area contributed by atoms with Crippen LogP contribution in [-0.4, -0.2) is 43.5 Å². The number of methoxy groups -OCH3 is 2. The highest BCUT2D eigenvalue weighted by Crippen LogP contribution is 2.28. The van der Waals surface area contributed by atoms with Crippen LogP contribution in [0, 0.1) is 0 Å². The van der Waals surface area contributed by atoms with Crippen LogP contribution in [0.15, 0.2) is 42.5 Å². The molecule has 0 aromatic heterocycles. The number of carbonyl (C=O) groups excluding carboxylic acids is 2. The average molecular weight is 475 g/mol. The summed E-state index contributed by atoms with van der Waals surface area (Å²) in [5.74, 6) is 1.04. The highest BCUT2D eigenvalue weighted by atomic mass is 35.5. The Bertz CT molecular complexity index is 919. The van der Waals surface area contributed by atoms with E-state index in [0.717, 1.165) is 24.0 Å². The van der Waals surface area contributed by atoms with Crippen LogP contribution >= 0.6 is 11.6 Å². The van der Waals surface area contributed by atoms with E-state index in [1.165, 1.54) is 0 Å². The van der Waals surface area contributed by atoms with Gasteiger partial charge in [0, 0.05) is 24.5 Å². The number of aryl methyl sites for hydroxylation is 1. The number of benzene rings is 2. The largest absolute Gasteiger partial charge is 0.493 e. The lowest BCUT2D eigenvalue weighted by atomic mass is 10.1. The van der Waals surface area contributed by atoms with E-state index >= 15 is 0 Å². The second-order valence-electron chi connectivity index (χ2n) is 7.87. The van der Waals surface area contributed by atoms with Gasteiger partial charge in [-0.15, -0.1) is 0 Å². The molecule has 0 aliphatic heterocycles. The van der Waals surface area contributed by atoms with Crippen LogP contribution in [0.2, 0.25) is 5.02 Å². The van der Waals surface area contributed by atoms with Crippen molar-refractivity contribution in [3.8, 4) is 11.5 Å². The third-order valence-electron chi connectivity index (χ3n) is 5.59. The topological polar surface area (TPSA) is 67.9 Å². The van der Waals surface area contributed by atoms with Gasteiger partial charge >= 0.3 is 0 Å². The van der Waals surface area contributed by atoms with Crippen molar-refractivity contribution in [2.24, 2.45) is 0 Å². The zero-order valence-corrected chi connectivity index (χ0v) is 20.8. The number of hydrogen-bond donors (Lipinski definition) is 1. The fraction of sp³-hybridized carbons (Fsp3) is 0.462. The molecule has 0 bridgehead atoms. The molecule has 6 nitrogen and oxygen atoms in total. The van der Waals surface area contributed by atoms with Crippen LogP contribution in [-0.2, 0) is 22.6 Å². The summed E-state index contributed by atoms with van der Waals surface area (Å²) in [7, 11) is 3.17. The van der Waals surface area contributed by atoms with Crippen molar-refractivity contribution in [3.05, 3.63) is 58.6 Å². The van der Waals surface area contributed by atoms with Gasteiger partial charge in [0.1, 0.15) is 6.04 Å². The van der Waals surface area contributed by atoms with E-state index in [1.54, 1.807) is 25.2 Å². The summed E-state index contributed by atoms with van der Waals surface area (Å²) in [6.07, 6.45) is 3.19.